The summed E-state index contributed by atoms with van der Waals surface area (Å²) in [5.41, 5.74) is 3.61. The summed E-state index contributed by atoms with van der Waals surface area (Å²) in [5, 5.41) is 4.77. The fourth-order valence-electron chi connectivity index (χ4n) is 2.28. The zero-order valence-corrected chi connectivity index (χ0v) is 12.1. The molecule has 0 radical (unpaired) electrons. The van der Waals surface area contributed by atoms with Crippen LogP contribution >= 0.6 is 6.34 Å². The van der Waals surface area contributed by atoms with Crippen LogP contribution in [0.15, 0.2) is 48.5 Å². The van der Waals surface area contributed by atoms with Crippen molar-refractivity contribution in [2.75, 3.05) is 16.8 Å². The van der Waals surface area contributed by atoms with Crippen molar-refractivity contribution in [1.29, 1.82) is 0 Å². The summed E-state index contributed by atoms with van der Waals surface area (Å²) in [5.74, 6) is 0. The van der Waals surface area contributed by atoms with Crippen molar-refractivity contribution in [3.8, 4) is 0 Å². The van der Waals surface area contributed by atoms with Crippen LogP contribution < -0.4 is 15.1 Å². The molecule has 1 aliphatic heterocycles. The predicted octanol–water partition coefficient (Wildman–Crippen LogP) is 3.49. The summed E-state index contributed by atoms with van der Waals surface area (Å²) >= 11 is 5.93. The minimum Gasteiger partial charge on any atom is -0.337 e. The van der Waals surface area contributed by atoms with Crippen LogP contribution in [0.3, 0.4) is 0 Å². The van der Waals surface area contributed by atoms with E-state index in [0.717, 1.165) is 5.69 Å². The molecule has 0 saturated carbocycles. The molecule has 1 unspecified atom stereocenters. The van der Waals surface area contributed by atoms with Gasteiger partial charge in [-0.15, -0.1) is 0 Å². The van der Waals surface area contributed by atoms with Gasteiger partial charge < -0.3 is 9.76 Å². The van der Waals surface area contributed by atoms with Crippen LogP contribution in [0.25, 0.3) is 0 Å². The highest BCUT2D eigenvalue weighted by atomic mass is 32.4. The number of rotatable bonds is 1. The Kier molecular flexibility index (Phi) is 2.69. The molecule has 0 spiro atoms. The summed E-state index contributed by atoms with van der Waals surface area (Å²) in [4.78, 5) is 0. The van der Waals surface area contributed by atoms with Gasteiger partial charge in [0.2, 0.25) is 0 Å². The van der Waals surface area contributed by atoms with Crippen molar-refractivity contribution in [3.05, 3.63) is 54.1 Å². The van der Waals surface area contributed by atoms with Crippen molar-refractivity contribution in [1.82, 2.24) is 0 Å². The van der Waals surface area contributed by atoms with E-state index in [1.807, 2.05) is 18.2 Å². The molecule has 2 aromatic carbocycles. The third-order valence-electron chi connectivity index (χ3n) is 3.30. The summed E-state index contributed by atoms with van der Waals surface area (Å²) in [7, 11) is 2.09. The molecule has 92 valence electrons. The number of nitrogens with zero attached hydrogens (tertiary/aromatic N) is 1. The van der Waals surface area contributed by atoms with Gasteiger partial charge >= 0.3 is 0 Å². The van der Waals surface area contributed by atoms with Crippen LogP contribution in [0.5, 0.6) is 0 Å². The van der Waals surface area contributed by atoms with Crippen molar-refractivity contribution in [2.24, 2.45) is 0 Å². The first-order valence-corrected chi connectivity index (χ1v) is 8.65. The molecular weight excluding hydrogens is 259 g/mol. The Balaban J connectivity index is 2.12. The van der Waals surface area contributed by atoms with Gasteiger partial charge in [0.1, 0.15) is 0 Å². The lowest BCUT2D eigenvalue weighted by molar-refractivity contribution is 1.36. The number of hydrogen-bond donors (Lipinski definition) is 1. The minimum atomic E-state index is -1.90. The lowest BCUT2D eigenvalue weighted by Crippen LogP contribution is -2.20. The molecule has 4 heteroatoms. The maximum Gasteiger partial charge on any atom is 0.150 e. The highest BCUT2D eigenvalue weighted by molar-refractivity contribution is 8.19. The molecular formula is C14H15N2PS. The monoisotopic (exact) mass is 274 g/mol. The second-order valence-electron chi connectivity index (χ2n) is 4.57. The Morgan fingerprint density at radius 2 is 1.83 bits per heavy atom. The first-order valence-electron chi connectivity index (χ1n) is 5.90. The number of anilines is 2. The van der Waals surface area contributed by atoms with Crippen LogP contribution in [0.2, 0.25) is 0 Å². The van der Waals surface area contributed by atoms with E-state index in [4.69, 9.17) is 11.8 Å². The Morgan fingerprint density at radius 1 is 1.11 bits per heavy atom. The summed E-state index contributed by atoms with van der Waals surface area (Å²) in [6.45, 7) is 2.10. The van der Waals surface area contributed by atoms with Crippen LogP contribution in [-0.2, 0) is 11.8 Å². The van der Waals surface area contributed by atoms with E-state index < -0.39 is 6.34 Å². The molecule has 1 aliphatic rings. The summed E-state index contributed by atoms with van der Waals surface area (Å²) in [6, 6.07) is 16.8. The van der Waals surface area contributed by atoms with E-state index in [2.05, 4.69) is 54.1 Å². The predicted molar refractivity (Wildman–Crippen MR) is 83.6 cm³/mol. The fraction of sp³-hybridized carbons (Fsp3) is 0.143. The highest BCUT2D eigenvalue weighted by Gasteiger charge is 2.33. The zero-order valence-electron chi connectivity index (χ0n) is 10.4. The third kappa shape index (κ3) is 1.66. The zero-order chi connectivity index (χ0) is 12.8. The smallest absolute Gasteiger partial charge is 0.150 e. The lowest BCUT2D eigenvalue weighted by Gasteiger charge is -2.26. The molecule has 0 aliphatic carbocycles. The molecule has 0 fully saturated rings. The average molecular weight is 274 g/mol. The quantitative estimate of drug-likeness (QED) is 0.801. The SMILES string of the molecule is Cc1ccc2c(c1)NP(=S)(c1ccccc1)N2C. The van der Waals surface area contributed by atoms with Crippen molar-refractivity contribution >= 4 is 34.8 Å². The normalized spacial score (nSPS) is 21.6. The van der Waals surface area contributed by atoms with Gasteiger partial charge in [-0.1, -0.05) is 36.4 Å². The molecule has 1 N–H and O–H groups in total. The molecule has 0 bridgehead atoms. The second-order valence-corrected chi connectivity index (χ2v) is 8.64. The van der Waals surface area contributed by atoms with Crippen LogP contribution in [0.4, 0.5) is 11.4 Å². The van der Waals surface area contributed by atoms with Crippen molar-refractivity contribution in [3.63, 3.8) is 0 Å². The largest absolute Gasteiger partial charge is 0.337 e. The molecule has 0 aromatic heterocycles. The Labute approximate surface area is 113 Å². The molecule has 0 amide bonds. The van der Waals surface area contributed by atoms with Crippen LogP contribution in [0.1, 0.15) is 5.56 Å². The highest BCUT2D eigenvalue weighted by Crippen LogP contribution is 2.58. The Morgan fingerprint density at radius 3 is 2.56 bits per heavy atom. The summed E-state index contributed by atoms with van der Waals surface area (Å²) < 4.78 is 2.23. The van der Waals surface area contributed by atoms with Gasteiger partial charge in [-0.3, -0.25) is 0 Å². The molecule has 2 aromatic rings. The molecule has 3 rings (SSSR count). The minimum absolute atomic E-state index is 1.16. The lowest BCUT2D eigenvalue weighted by atomic mass is 10.2. The number of fused-ring (bicyclic) bond motifs is 1. The average Bonchev–Trinajstić information content (AvgIpc) is 2.63. The van der Waals surface area contributed by atoms with Gasteiger partial charge in [-0.05, 0) is 36.4 Å². The Hall–Kier alpha value is -1.31. The first-order chi connectivity index (χ1) is 8.61. The van der Waals surface area contributed by atoms with E-state index in [0.29, 0.717) is 0 Å². The topological polar surface area (TPSA) is 15.3 Å². The number of hydrogen-bond acceptors (Lipinski definition) is 1. The molecule has 0 saturated heterocycles. The van der Waals surface area contributed by atoms with Gasteiger partial charge in [0.15, 0.2) is 6.34 Å². The van der Waals surface area contributed by atoms with Gasteiger partial charge in [0.25, 0.3) is 0 Å². The number of aryl methyl sites for hydroxylation is 1. The number of nitrogens with one attached hydrogen (secondary N) is 1. The maximum atomic E-state index is 5.93. The molecule has 2 nitrogen and oxygen atoms in total. The molecule has 18 heavy (non-hydrogen) atoms. The Bertz CT molecular complexity index is 639. The van der Waals surface area contributed by atoms with Gasteiger partial charge in [-0.25, -0.2) is 0 Å². The van der Waals surface area contributed by atoms with Crippen molar-refractivity contribution in [2.45, 2.75) is 6.92 Å². The van der Waals surface area contributed by atoms with E-state index in [1.54, 1.807) is 0 Å². The van der Waals surface area contributed by atoms with Gasteiger partial charge in [0.05, 0.1) is 11.4 Å². The molecule has 1 atom stereocenters. The maximum absolute atomic E-state index is 5.93. The second kappa shape index (κ2) is 4.11. The van der Waals surface area contributed by atoms with Gasteiger partial charge in [0, 0.05) is 12.4 Å². The molecule has 1 heterocycles. The van der Waals surface area contributed by atoms with Crippen molar-refractivity contribution < 1.29 is 0 Å². The van der Waals surface area contributed by atoms with Crippen LogP contribution in [0, 0.1) is 6.92 Å². The first kappa shape index (κ1) is 11.8. The summed E-state index contributed by atoms with van der Waals surface area (Å²) in [6.07, 6.45) is -1.90. The fourth-order valence-corrected chi connectivity index (χ4v) is 5.39. The third-order valence-corrected chi connectivity index (χ3v) is 7.55. The van der Waals surface area contributed by atoms with Crippen LogP contribution in [-0.4, -0.2) is 7.05 Å². The van der Waals surface area contributed by atoms with E-state index in [1.165, 1.54) is 16.6 Å². The van der Waals surface area contributed by atoms with E-state index >= 15 is 0 Å². The van der Waals surface area contributed by atoms with E-state index in [9.17, 15) is 0 Å². The van der Waals surface area contributed by atoms with E-state index in [-0.39, 0.29) is 0 Å². The standard InChI is InChI=1S/C14H15N2PS/c1-11-8-9-14-13(10-11)15-17(18,16(14)2)12-6-4-3-5-7-12/h3-10H,1-2H3,(H,15,18). The number of benzene rings is 2. The van der Waals surface area contributed by atoms with Gasteiger partial charge in [-0.2, -0.15) is 0 Å².